The van der Waals surface area contributed by atoms with Crippen molar-refractivity contribution in [2.75, 3.05) is 288 Å². The molecule has 8 aliphatic rings. The molecule has 0 aromatic rings. The molecule has 0 aromatic heterocycles. The van der Waals surface area contributed by atoms with E-state index in [0.29, 0.717) is 47.1 Å². The highest BCUT2D eigenvalue weighted by molar-refractivity contribution is 4.87. The quantitative estimate of drug-likeness (QED) is 0.126. The molecule has 20 heteroatoms. The van der Waals surface area contributed by atoms with E-state index in [2.05, 4.69) is 213 Å². The molecule has 0 amide bonds. The van der Waals surface area contributed by atoms with Crippen LogP contribution in [0.3, 0.4) is 0 Å². The molecule has 8 rings (SSSR count). The zero-order valence-corrected chi connectivity index (χ0v) is 67.2. The van der Waals surface area contributed by atoms with Crippen LogP contribution in [0, 0.1) is 22.7 Å². The van der Waals surface area contributed by atoms with E-state index in [9.17, 15) is 0 Å². The molecule has 8 saturated heterocycles. The van der Waals surface area contributed by atoms with Gasteiger partial charge in [0.25, 0.3) is 0 Å². The van der Waals surface area contributed by atoms with Crippen LogP contribution < -0.4 is 53.2 Å². The van der Waals surface area contributed by atoms with Gasteiger partial charge in [-0.15, -0.1) is 0 Å². The van der Waals surface area contributed by atoms with Crippen LogP contribution in [-0.4, -0.2) is 373 Å². The van der Waals surface area contributed by atoms with Gasteiger partial charge in [-0.25, -0.2) is 0 Å². The van der Waals surface area contributed by atoms with E-state index in [1.807, 2.05) is 0 Å². The maximum atomic E-state index is 3.71. The molecule has 20 nitrogen and oxygen atoms in total. The number of nitrogens with zero attached hydrogens (tertiary/aromatic N) is 10. The van der Waals surface area contributed by atoms with Crippen molar-refractivity contribution in [3.63, 3.8) is 0 Å². The van der Waals surface area contributed by atoms with Gasteiger partial charge in [0.05, 0.1) is 0 Å². The average molecular weight is 1370 g/mol. The van der Waals surface area contributed by atoms with Gasteiger partial charge in [0.15, 0.2) is 0 Å². The fourth-order valence-electron chi connectivity index (χ4n) is 15.6. The minimum absolute atomic E-state index is 0.367. The average Bonchev–Trinajstić information content (AvgIpc) is 1.11. The topological polar surface area (TPSA) is 153 Å². The Morgan fingerprint density at radius 1 is 0.351 bits per heavy atom. The summed E-state index contributed by atoms with van der Waals surface area (Å²) in [4.78, 5) is 26.4. The van der Waals surface area contributed by atoms with Crippen LogP contribution >= 0.6 is 0 Å². The second-order valence-corrected chi connectivity index (χ2v) is 32.8. The molecule has 6 bridgehead atoms. The van der Waals surface area contributed by atoms with E-state index in [-0.39, 0.29) is 0 Å². The van der Waals surface area contributed by atoms with Gasteiger partial charge >= 0.3 is 0 Å². The fraction of sp³-hybridized carbons (Fsp3) is 1.00. The van der Waals surface area contributed by atoms with Gasteiger partial charge < -0.3 is 92.4 Å². The minimum atomic E-state index is 0.367. The van der Waals surface area contributed by atoms with Crippen molar-refractivity contribution in [2.24, 2.45) is 22.7 Å². The molecule has 0 aromatic carbocycles. The maximum Gasteiger partial charge on any atom is 0.0113 e. The lowest BCUT2D eigenvalue weighted by Gasteiger charge is -2.40. The summed E-state index contributed by atoms with van der Waals surface area (Å²) in [7, 11) is 0. The predicted octanol–water partition coefficient (Wildman–Crippen LogP) is 4.42. The molecule has 0 saturated carbocycles. The van der Waals surface area contributed by atoms with Gasteiger partial charge in [0, 0.05) is 233 Å². The third-order valence-electron chi connectivity index (χ3n) is 22.5. The summed E-state index contributed by atoms with van der Waals surface area (Å²) >= 11 is 0. The lowest BCUT2D eigenvalue weighted by Crippen LogP contribution is -2.52. The van der Waals surface area contributed by atoms with Crippen molar-refractivity contribution in [1.29, 1.82) is 0 Å². The Balaban J connectivity index is 0.000000258. The first-order chi connectivity index (χ1) is 46.7. The first kappa shape index (κ1) is 88.6. The Morgan fingerprint density at radius 2 is 0.711 bits per heavy atom. The molecule has 0 spiro atoms. The smallest absolute Gasteiger partial charge is 0.0113 e. The first-order valence-corrected chi connectivity index (χ1v) is 41.2. The van der Waals surface area contributed by atoms with Crippen molar-refractivity contribution < 1.29 is 0 Å². The van der Waals surface area contributed by atoms with E-state index >= 15 is 0 Å². The zero-order chi connectivity index (χ0) is 70.5. The second-order valence-electron chi connectivity index (χ2n) is 32.8. The number of fused-ring (bicyclic) bond motifs is 9. The summed E-state index contributed by atoms with van der Waals surface area (Å²) in [6.07, 6.45) is 8.90. The van der Waals surface area contributed by atoms with E-state index in [4.69, 9.17) is 0 Å². The summed E-state index contributed by atoms with van der Waals surface area (Å²) in [5.74, 6) is 1.45. The molecule has 10 N–H and O–H groups in total. The SMILES string of the molecule is CC1(C)CNCCN2CCN(CCNCC(C)(C)C2)C1.CC1CC(C)N2CCNC(C)CC(C)N(CCN1)CC2.CC1CN2CCNC(C)C(C)CN(CCNC1C)CC2.CCNCCCN1CCCNCCCN(CC)CC1.CCNCCCN1CCNCCCN(CC)CC1. The second kappa shape index (κ2) is 53.0. The van der Waals surface area contributed by atoms with Gasteiger partial charge in [-0.05, 0) is 201 Å². The van der Waals surface area contributed by atoms with Crippen molar-refractivity contribution in [1.82, 2.24) is 102 Å². The van der Waals surface area contributed by atoms with Gasteiger partial charge in [-0.3, -0.25) is 9.80 Å². The Morgan fingerprint density at radius 3 is 1.13 bits per heavy atom. The molecule has 14 atom stereocenters. The van der Waals surface area contributed by atoms with E-state index in [0.717, 1.165) is 96.9 Å². The summed E-state index contributed by atoms with van der Waals surface area (Å²) in [6.45, 7) is 89.3. The van der Waals surface area contributed by atoms with Gasteiger partial charge in [-0.1, -0.05) is 69.2 Å². The van der Waals surface area contributed by atoms with Gasteiger partial charge in [-0.2, -0.15) is 0 Å². The van der Waals surface area contributed by atoms with Crippen LogP contribution in [-0.2, 0) is 0 Å². The van der Waals surface area contributed by atoms with Crippen molar-refractivity contribution in [3.05, 3.63) is 0 Å². The molecule has 8 heterocycles. The van der Waals surface area contributed by atoms with Crippen LogP contribution in [0.1, 0.15) is 156 Å². The van der Waals surface area contributed by atoms with Crippen LogP contribution in [0.4, 0.5) is 0 Å². The molecule has 0 aliphatic carbocycles. The molecule has 14 unspecified atom stereocenters. The summed E-state index contributed by atoms with van der Waals surface area (Å²) in [6, 6.07) is 3.82. The van der Waals surface area contributed by atoms with E-state index in [1.165, 1.54) is 248 Å². The molecule has 97 heavy (non-hydrogen) atoms. The molecular formula is C77H168N20. The standard InChI is InChI=1S/3C16H34N4.C15H34N4.C14H32N4/c1-15(2)11-17-5-8-20-10-9-19(13-15)7-6-18-12-16(3,4)14-20;1-13-11-19-7-6-18-16(4)14(2)12-20(10-9-19)8-5-17-15(13)3;1-13-11-15(3)19-8-6-18-14(2)12-16(4)20(10-9-19)7-5-17-13;1-3-16-8-5-12-19-13-7-10-17-9-6-11-18(4-2)14-15-19;1-3-15-7-5-11-18-12-9-16-8-6-10-17(4-2)13-14-18/h17-18H,5-14H2,1-4H3;2*13-18H,5-12H2,1-4H3;16-17H,3-15H2,1-2H3;15-16H,3-14H2,1-2H3. The highest BCUT2D eigenvalue weighted by Gasteiger charge is 2.29. The molecule has 0 radical (unpaired) electrons. The first-order valence-electron chi connectivity index (χ1n) is 41.2. The van der Waals surface area contributed by atoms with Crippen LogP contribution in [0.15, 0.2) is 0 Å². The van der Waals surface area contributed by atoms with Crippen LogP contribution in [0.25, 0.3) is 0 Å². The van der Waals surface area contributed by atoms with Crippen LogP contribution in [0.5, 0.6) is 0 Å². The van der Waals surface area contributed by atoms with Crippen molar-refractivity contribution in [2.45, 2.75) is 192 Å². The number of likely N-dealkylation sites (N-methyl/N-ethyl adjacent to an activating group) is 2. The minimum Gasteiger partial charge on any atom is -0.317 e. The Kier molecular flexibility index (Phi) is 48.4. The lowest BCUT2D eigenvalue weighted by molar-refractivity contribution is 0.104. The zero-order valence-electron chi connectivity index (χ0n) is 67.2. The monoisotopic (exact) mass is 1370 g/mol. The Bertz CT molecular complexity index is 1750. The Labute approximate surface area is 602 Å². The predicted molar refractivity (Wildman–Crippen MR) is 422 cm³/mol. The molecular weight excluding hydrogens is 1200 g/mol. The highest BCUT2D eigenvalue weighted by Crippen LogP contribution is 2.21. The van der Waals surface area contributed by atoms with E-state index < -0.39 is 0 Å². The Hall–Kier alpha value is -0.800. The largest absolute Gasteiger partial charge is 0.317 e. The summed E-state index contributed by atoms with van der Waals surface area (Å²) in [5, 5.41) is 36.1. The highest BCUT2D eigenvalue weighted by atomic mass is 15.3. The van der Waals surface area contributed by atoms with Crippen molar-refractivity contribution in [3.8, 4) is 0 Å². The molecule has 8 aliphatic heterocycles. The number of hydrogen-bond donors (Lipinski definition) is 10. The summed E-state index contributed by atoms with van der Waals surface area (Å²) in [5.41, 5.74) is 0.733. The summed E-state index contributed by atoms with van der Waals surface area (Å²) < 4.78 is 0. The van der Waals surface area contributed by atoms with Gasteiger partial charge in [0.1, 0.15) is 0 Å². The maximum absolute atomic E-state index is 3.71. The normalized spacial score (nSPS) is 33.9. The fourth-order valence-corrected chi connectivity index (χ4v) is 15.6. The molecule has 576 valence electrons. The van der Waals surface area contributed by atoms with E-state index in [1.54, 1.807) is 0 Å². The van der Waals surface area contributed by atoms with Gasteiger partial charge in [0.2, 0.25) is 0 Å². The van der Waals surface area contributed by atoms with Crippen molar-refractivity contribution >= 4 is 0 Å². The number of nitrogens with one attached hydrogen (secondary N) is 10. The number of hydrogen-bond acceptors (Lipinski definition) is 20. The molecule has 8 fully saturated rings. The third kappa shape index (κ3) is 41.5. The third-order valence-corrected chi connectivity index (χ3v) is 22.5. The lowest BCUT2D eigenvalue weighted by atomic mass is 9.91. The number of rotatable bonds is 12. The van der Waals surface area contributed by atoms with Crippen LogP contribution in [0.2, 0.25) is 0 Å².